The van der Waals surface area contributed by atoms with Crippen LogP contribution in [0.3, 0.4) is 0 Å². The van der Waals surface area contributed by atoms with E-state index in [0.717, 1.165) is 24.1 Å². The number of methoxy groups -OCH3 is 1. The molecule has 1 aliphatic heterocycles. The first-order valence-corrected chi connectivity index (χ1v) is 10.2. The Hall–Kier alpha value is -2.07. The van der Waals surface area contributed by atoms with E-state index in [2.05, 4.69) is 15.6 Å². The van der Waals surface area contributed by atoms with Gasteiger partial charge in [-0.1, -0.05) is 12.1 Å². The first-order valence-electron chi connectivity index (χ1n) is 10.2. The minimum absolute atomic E-state index is 0. The van der Waals surface area contributed by atoms with E-state index in [0.29, 0.717) is 43.8 Å². The highest BCUT2D eigenvalue weighted by molar-refractivity contribution is 14.0. The molecule has 1 heterocycles. The number of aliphatic imine (C=N–C) groups is 1. The first-order chi connectivity index (χ1) is 14.6. The van der Waals surface area contributed by atoms with E-state index in [9.17, 15) is 4.39 Å². The minimum atomic E-state index is -0.220. The lowest BCUT2D eigenvalue weighted by atomic mass is 9.74. The number of nitrogens with zero attached hydrogens (tertiary/aromatic N) is 1. The molecule has 0 saturated carbocycles. The van der Waals surface area contributed by atoms with Crippen molar-refractivity contribution in [1.29, 1.82) is 0 Å². The van der Waals surface area contributed by atoms with Crippen LogP contribution in [0.1, 0.15) is 25.3 Å². The van der Waals surface area contributed by atoms with Crippen molar-refractivity contribution in [2.45, 2.75) is 25.2 Å². The second-order valence-corrected chi connectivity index (χ2v) is 7.25. The van der Waals surface area contributed by atoms with Crippen molar-refractivity contribution in [2.75, 3.05) is 45.8 Å². The first kappa shape index (κ1) is 25.2. The highest BCUT2D eigenvalue weighted by atomic mass is 127. The zero-order valence-corrected chi connectivity index (χ0v) is 20.6. The van der Waals surface area contributed by atoms with E-state index in [1.165, 1.54) is 6.07 Å². The van der Waals surface area contributed by atoms with Crippen LogP contribution in [0.15, 0.2) is 47.5 Å². The Balaban J connectivity index is 0.00000341. The SMILES string of the molecule is CCOc1ccc(NC(=NC)NCC2(c3cccc(F)c3)CCOCC2)cc1OC.I. The summed E-state index contributed by atoms with van der Waals surface area (Å²) in [6, 6.07) is 12.5. The van der Waals surface area contributed by atoms with Crippen LogP contribution in [0.25, 0.3) is 0 Å². The fraction of sp³-hybridized carbons (Fsp3) is 0.435. The summed E-state index contributed by atoms with van der Waals surface area (Å²) in [6.45, 7) is 4.43. The van der Waals surface area contributed by atoms with Crippen LogP contribution in [0.4, 0.5) is 10.1 Å². The number of hydrogen-bond acceptors (Lipinski definition) is 4. The summed E-state index contributed by atoms with van der Waals surface area (Å²) in [6.07, 6.45) is 1.63. The number of benzene rings is 2. The normalized spacial score (nSPS) is 15.5. The average molecular weight is 543 g/mol. The third-order valence-electron chi connectivity index (χ3n) is 5.43. The van der Waals surface area contributed by atoms with E-state index >= 15 is 0 Å². The van der Waals surface area contributed by atoms with E-state index < -0.39 is 0 Å². The third kappa shape index (κ3) is 6.46. The minimum Gasteiger partial charge on any atom is -0.493 e. The predicted molar refractivity (Wildman–Crippen MR) is 133 cm³/mol. The van der Waals surface area contributed by atoms with Crippen LogP contribution in [0.2, 0.25) is 0 Å². The molecule has 0 radical (unpaired) electrons. The number of rotatable bonds is 7. The van der Waals surface area contributed by atoms with Crippen LogP contribution in [0, 0.1) is 5.82 Å². The molecule has 3 rings (SSSR count). The molecular weight excluding hydrogens is 512 g/mol. The van der Waals surface area contributed by atoms with Crippen molar-refractivity contribution in [1.82, 2.24) is 5.32 Å². The van der Waals surface area contributed by atoms with E-state index in [1.807, 2.05) is 31.2 Å². The molecule has 0 atom stereocenters. The third-order valence-corrected chi connectivity index (χ3v) is 5.43. The Morgan fingerprint density at radius 3 is 2.58 bits per heavy atom. The predicted octanol–water partition coefficient (Wildman–Crippen LogP) is 4.59. The molecule has 0 bridgehead atoms. The number of anilines is 1. The van der Waals surface area contributed by atoms with Gasteiger partial charge in [-0.3, -0.25) is 4.99 Å². The number of nitrogens with one attached hydrogen (secondary N) is 2. The fourth-order valence-electron chi connectivity index (χ4n) is 3.74. The Bertz CT molecular complexity index is 873. The molecule has 0 aliphatic carbocycles. The van der Waals surface area contributed by atoms with E-state index in [-0.39, 0.29) is 35.2 Å². The van der Waals surface area contributed by atoms with Crippen molar-refractivity contribution in [3.05, 3.63) is 53.8 Å². The molecule has 2 aromatic rings. The lowest BCUT2D eigenvalue weighted by molar-refractivity contribution is 0.0513. The molecule has 0 amide bonds. The molecule has 1 aliphatic rings. The lowest BCUT2D eigenvalue weighted by Crippen LogP contribution is -2.46. The van der Waals surface area contributed by atoms with Crippen molar-refractivity contribution in [2.24, 2.45) is 4.99 Å². The molecule has 31 heavy (non-hydrogen) atoms. The highest BCUT2D eigenvalue weighted by Gasteiger charge is 2.35. The van der Waals surface area contributed by atoms with Gasteiger partial charge in [0.1, 0.15) is 5.82 Å². The summed E-state index contributed by atoms with van der Waals surface area (Å²) in [7, 11) is 3.34. The van der Waals surface area contributed by atoms with Gasteiger partial charge in [0.25, 0.3) is 0 Å². The summed E-state index contributed by atoms with van der Waals surface area (Å²) in [4.78, 5) is 4.34. The molecule has 1 saturated heterocycles. The van der Waals surface area contributed by atoms with Gasteiger partial charge in [0.05, 0.1) is 13.7 Å². The van der Waals surface area contributed by atoms with Gasteiger partial charge in [0.15, 0.2) is 17.5 Å². The van der Waals surface area contributed by atoms with Gasteiger partial charge in [-0.15, -0.1) is 24.0 Å². The van der Waals surface area contributed by atoms with Crippen molar-refractivity contribution < 1.29 is 18.6 Å². The van der Waals surface area contributed by atoms with Gasteiger partial charge in [-0.05, 0) is 49.6 Å². The van der Waals surface area contributed by atoms with E-state index in [4.69, 9.17) is 14.2 Å². The molecule has 2 aromatic carbocycles. The average Bonchev–Trinajstić information content (AvgIpc) is 2.78. The number of guanidine groups is 1. The second kappa shape index (κ2) is 12.1. The Morgan fingerprint density at radius 1 is 1.16 bits per heavy atom. The molecule has 0 aromatic heterocycles. The smallest absolute Gasteiger partial charge is 0.195 e. The van der Waals surface area contributed by atoms with Crippen LogP contribution in [0.5, 0.6) is 11.5 Å². The van der Waals surface area contributed by atoms with Gasteiger partial charge >= 0.3 is 0 Å². The summed E-state index contributed by atoms with van der Waals surface area (Å²) in [5, 5.41) is 6.70. The molecule has 0 unspecified atom stereocenters. The number of ether oxygens (including phenoxy) is 3. The van der Waals surface area contributed by atoms with Crippen molar-refractivity contribution >= 4 is 35.6 Å². The van der Waals surface area contributed by atoms with Crippen LogP contribution >= 0.6 is 24.0 Å². The van der Waals surface area contributed by atoms with Gasteiger partial charge < -0.3 is 24.8 Å². The topological polar surface area (TPSA) is 64.1 Å². The summed E-state index contributed by atoms with van der Waals surface area (Å²) < 4.78 is 30.5. The maximum absolute atomic E-state index is 13.9. The molecule has 1 fully saturated rings. The Morgan fingerprint density at radius 2 is 1.94 bits per heavy atom. The van der Waals surface area contributed by atoms with Gasteiger partial charge in [0, 0.05) is 44.0 Å². The molecular formula is C23H31FIN3O3. The summed E-state index contributed by atoms with van der Waals surface area (Å²) >= 11 is 0. The molecule has 2 N–H and O–H groups in total. The summed E-state index contributed by atoms with van der Waals surface area (Å²) in [5.41, 5.74) is 1.60. The zero-order chi connectivity index (χ0) is 21.4. The van der Waals surface area contributed by atoms with Crippen LogP contribution in [-0.4, -0.2) is 46.5 Å². The maximum Gasteiger partial charge on any atom is 0.195 e. The molecule has 0 spiro atoms. The number of halogens is 2. The second-order valence-electron chi connectivity index (χ2n) is 7.25. The van der Waals surface area contributed by atoms with Gasteiger partial charge in [0.2, 0.25) is 0 Å². The monoisotopic (exact) mass is 543 g/mol. The van der Waals surface area contributed by atoms with Crippen LogP contribution < -0.4 is 20.1 Å². The largest absolute Gasteiger partial charge is 0.493 e. The Labute approximate surface area is 200 Å². The maximum atomic E-state index is 13.9. The lowest BCUT2D eigenvalue weighted by Gasteiger charge is -2.38. The van der Waals surface area contributed by atoms with E-state index in [1.54, 1.807) is 26.3 Å². The quantitative estimate of drug-likeness (QED) is 0.304. The van der Waals surface area contributed by atoms with Crippen molar-refractivity contribution in [3.63, 3.8) is 0 Å². The zero-order valence-electron chi connectivity index (χ0n) is 18.2. The molecule has 170 valence electrons. The van der Waals surface area contributed by atoms with Gasteiger partial charge in [-0.25, -0.2) is 4.39 Å². The Kier molecular flexibility index (Phi) is 9.83. The van der Waals surface area contributed by atoms with Crippen LogP contribution in [-0.2, 0) is 10.2 Å². The number of hydrogen-bond donors (Lipinski definition) is 2. The van der Waals surface area contributed by atoms with Crippen molar-refractivity contribution in [3.8, 4) is 11.5 Å². The standard InChI is InChI=1S/C23H30FN3O3.HI/c1-4-30-20-9-8-19(15-21(20)28-3)27-22(25-2)26-16-23(10-12-29-13-11-23)17-6-5-7-18(24)14-17;/h5-9,14-15H,4,10-13,16H2,1-3H3,(H2,25,26,27);1H. The molecule has 6 nitrogen and oxygen atoms in total. The highest BCUT2D eigenvalue weighted by Crippen LogP contribution is 2.35. The van der Waals surface area contributed by atoms with Gasteiger partial charge in [-0.2, -0.15) is 0 Å². The fourth-order valence-corrected chi connectivity index (χ4v) is 3.74. The molecule has 8 heteroatoms. The summed E-state index contributed by atoms with van der Waals surface area (Å²) in [5.74, 6) is 1.75.